The molecule has 0 aromatic heterocycles. The monoisotopic (exact) mass is 245 g/mol. The summed E-state index contributed by atoms with van der Waals surface area (Å²) in [7, 11) is 0. The van der Waals surface area contributed by atoms with E-state index in [1.807, 2.05) is 0 Å². The average Bonchev–Trinajstić information content (AvgIpc) is 2.96. The Labute approximate surface area is 107 Å². The number of fused-ring (bicyclic) bond motifs is 1. The molecule has 0 radical (unpaired) electrons. The number of hydrogen-bond donors (Lipinski definition) is 2. The van der Waals surface area contributed by atoms with Crippen molar-refractivity contribution in [2.24, 2.45) is 5.92 Å². The van der Waals surface area contributed by atoms with Gasteiger partial charge in [0.15, 0.2) is 0 Å². The molecule has 1 aliphatic heterocycles. The number of benzene rings is 1. The summed E-state index contributed by atoms with van der Waals surface area (Å²) in [5.74, 6) is -0.267. The number of carboxylic acids is 1. The molecular weight excluding hydrogens is 226 g/mol. The number of aryl methyl sites for hydroxylation is 1. The number of nitrogens with one attached hydrogen (secondary N) is 1. The van der Waals surface area contributed by atoms with Crippen LogP contribution in [0.2, 0.25) is 0 Å². The zero-order valence-electron chi connectivity index (χ0n) is 10.6. The lowest BCUT2D eigenvalue weighted by Gasteiger charge is -2.14. The van der Waals surface area contributed by atoms with Crippen molar-refractivity contribution in [2.45, 2.75) is 38.1 Å². The third-order valence-corrected chi connectivity index (χ3v) is 4.43. The Bertz CT molecular complexity index is 483. The minimum Gasteiger partial charge on any atom is -0.481 e. The fourth-order valence-corrected chi connectivity index (χ4v) is 3.22. The van der Waals surface area contributed by atoms with Gasteiger partial charge in [-0.1, -0.05) is 25.1 Å². The van der Waals surface area contributed by atoms with E-state index in [1.54, 1.807) is 0 Å². The van der Waals surface area contributed by atoms with E-state index in [2.05, 4.69) is 30.4 Å². The standard InChI is InChI=1S/C15H19NO2/c1-9-2-3-10-4-5-11(6-13(9)10)14-7-12(8-16-14)15(17)18/h4-6,9,12,14,16H,2-3,7-8H2,1H3,(H,17,18). The molecule has 0 bridgehead atoms. The second kappa shape index (κ2) is 4.39. The number of carboxylic acid groups (broad SMARTS) is 1. The van der Waals surface area contributed by atoms with Crippen molar-refractivity contribution in [3.05, 3.63) is 34.9 Å². The molecule has 96 valence electrons. The van der Waals surface area contributed by atoms with Crippen molar-refractivity contribution in [2.75, 3.05) is 6.54 Å². The minimum absolute atomic E-state index is 0.212. The Morgan fingerprint density at radius 3 is 3.00 bits per heavy atom. The lowest BCUT2D eigenvalue weighted by atomic mass is 9.95. The molecule has 0 amide bonds. The molecule has 18 heavy (non-hydrogen) atoms. The Morgan fingerprint density at radius 2 is 2.28 bits per heavy atom. The summed E-state index contributed by atoms with van der Waals surface area (Å²) in [6, 6.07) is 6.89. The molecule has 2 aliphatic rings. The van der Waals surface area contributed by atoms with Gasteiger partial charge in [-0.2, -0.15) is 0 Å². The first-order chi connectivity index (χ1) is 8.65. The van der Waals surface area contributed by atoms with Gasteiger partial charge < -0.3 is 10.4 Å². The van der Waals surface area contributed by atoms with Crippen LogP contribution >= 0.6 is 0 Å². The molecular formula is C15H19NO2. The maximum absolute atomic E-state index is 11.0. The Balaban J connectivity index is 1.82. The second-order valence-electron chi connectivity index (χ2n) is 5.63. The highest BCUT2D eigenvalue weighted by Crippen LogP contribution is 2.36. The van der Waals surface area contributed by atoms with Gasteiger partial charge in [-0.3, -0.25) is 4.79 Å². The van der Waals surface area contributed by atoms with Crippen molar-refractivity contribution >= 4 is 5.97 Å². The van der Waals surface area contributed by atoms with E-state index in [0.717, 1.165) is 0 Å². The third kappa shape index (κ3) is 1.93. The van der Waals surface area contributed by atoms with Gasteiger partial charge >= 0.3 is 5.97 Å². The summed E-state index contributed by atoms with van der Waals surface area (Å²) in [4.78, 5) is 11.0. The van der Waals surface area contributed by atoms with Crippen molar-refractivity contribution < 1.29 is 9.90 Å². The molecule has 3 nitrogen and oxygen atoms in total. The second-order valence-corrected chi connectivity index (χ2v) is 5.63. The lowest BCUT2D eigenvalue weighted by molar-refractivity contribution is -0.141. The maximum Gasteiger partial charge on any atom is 0.307 e. The van der Waals surface area contributed by atoms with Crippen LogP contribution in [0.3, 0.4) is 0 Å². The van der Waals surface area contributed by atoms with Gasteiger partial charge in [0, 0.05) is 12.6 Å². The predicted octanol–water partition coefficient (Wildman–Crippen LogP) is 2.47. The highest BCUT2D eigenvalue weighted by Gasteiger charge is 2.31. The quantitative estimate of drug-likeness (QED) is 0.841. The van der Waals surface area contributed by atoms with Crippen LogP contribution in [0.4, 0.5) is 0 Å². The van der Waals surface area contributed by atoms with Crippen LogP contribution in [-0.2, 0) is 11.2 Å². The van der Waals surface area contributed by atoms with Crippen LogP contribution in [-0.4, -0.2) is 17.6 Å². The van der Waals surface area contributed by atoms with Crippen molar-refractivity contribution in [1.29, 1.82) is 0 Å². The number of hydrogen-bond acceptors (Lipinski definition) is 2. The summed E-state index contributed by atoms with van der Waals surface area (Å²) < 4.78 is 0. The topological polar surface area (TPSA) is 49.3 Å². The molecule has 3 rings (SSSR count). The Morgan fingerprint density at radius 1 is 1.44 bits per heavy atom. The van der Waals surface area contributed by atoms with Crippen LogP contribution in [0.1, 0.15) is 48.4 Å². The Kier molecular flexibility index (Phi) is 2.86. The van der Waals surface area contributed by atoms with E-state index in [4.69, 9.17) is 5.11 Å². The molecule has 3 heteroatoms. The van der Waals surface area contributed by atoms with Crippen molar-refractivity contribution in [1.82, 2.24) is 5.32 Å². The zero-order valence-corrected chi connectivity index (χ0v) is 10.6. The van der Waals surface area contributed by atoms with Gasteiger partial charge in [0.25, 0.3) is 0 Å². The maximum atomic E-state index is 11.0. The summed E-state index contributed by atoms with van der Waals surface area (Å²) in [5.41, 5.74) is 4.19. The molecule has 1 aromatic rings. The summed E-state index contributed by atoms with van der Waals surface area (Å²) >= 11 is 0. The average molecular weight is 245 g/mol. The number of carbonyl (C=O) groups is 1. The molecule has 1 saturated heterocycles. The Hall–Kier alpha value is -1.35. The first-order valence-corrected chi connectivity index (χ1v) is 6.74. The summed E-state index contributed by atoms with van der Waals surface area (Å²) in [6.07, 6.45) is 3.14. The van der Waals surface area contributed by atoms with Crippen LogP contribution in [0.15, 0.2) is 18.2 Å². The molecule has 0 saturated carbocycles. The van der Waals surface area contributed by atoms with E-state index in [0.29, 0.717) is 18.9 Å². The fraction of sp³-hybridized carbons (Fsp3) is 0.533. The van der Waals surface area contributed by atoms with Gasteiger partial charge in [0.1, 0.15) is 0 Å². The molecule has 2 N–H and O–H groups in total. The van der Waals surface area contributed by atoms with Crippen LogP contribution in [0.25, 0.3) is 0 Å². The largest absolute Gasteiger partial charge is 0.481 e. The third-order valence-electron chi connectivity index (χ3n) is 4.43. The van der Waals surface area contributed by atoms with E-state index < -0.39 is 5.97 Å². The van der Waals surface area contributed by atoms with Gasteiger partial charge in [-0.05, 0) is 41.9 Å². The first kappa shape index (κ1) is 11.7. The van der Waals surface area contributed by atoms with Crippen LogP contribution < -0.4 is 5.32 Å². The highest BCUT2D eigenvalue weighted by atomic mass is 16.4. The lowest BCUT2D eigenvalue weighted by Crippen LogP contribution is -2.17. The molecule has 0 spiro atoms. The van der Waals surface area contributed by atoms with Gasteiger partial charge in [-0.25, -0.2) is 0 Å². The van der Waals surface area contributed by atoms with Crippen LogP contribution in [0.5, 0.6) is 0 Å². The zero-order chi connectivity index (χ0) is 12.7. The van der Waals surface area contributed by atoms with Crippen molar-refractivity contribution in [3.8, 4) is 0 Å². The van der Waals surface area contributed by atoms with E-state index in [9.17, 15) is 4.79 Å². The summed E-state index contributed by atoms with van der Waals surface area (Å²) in [5, 5.41) is 12.4. The normalized spacial score (nSPS) is 30.4. The molecule has 3 atom stereocenters. The smallest absolute Gasteiger partial charge is 0.307 e. The van der Waals surface area contributed by atoms with Gasteiger partial charge in [-0.15, -0.1) is 0 Å². The molecule has 1 aliphatic carbocycles. The minimum atomic E-state index is -0.681. The molecule has 1 aromatic carbocycles. The molecule has 1 fully saturated rings. The van der Waals surface area contributed by atoms with Gasteiger partial charge in [0.2, 0.25) is 0 Å². The van der Waals surface area contributed by atoms with E-state index >= 15 is 0 Å². The molecule has 1 heterocycles. The van der Waals surface area contributed by atoms with Gasteiger partial charge in [0.05, 0.1) is 5.92 Å². The molecule has 3 unspecified atom stereocenters. The van der Waals surface area contributed by atoms with E-state index in [1.165, 1.54) is 29.5 Å². The number of aliphatic carboxylic acids is 1. The summed E-state index contributed by atoms with van der Waals surface area (Å²) in [6.45, 7) is 2.87. The SMILES string of the molecule is CC1CCc2ccc(C3CC(C(=O)O)CN3)cc21. The van der Waals surface area contributed by atoms with Crippen LogP contribution in [0, 0.1) is 5.92 Å². The first-order valence-electron chi connectivity index (χ1n) is 6.74. The fourth-order valence-electron chi connectivity index (χ4n) is 3.22. The van der Waals surface area contributed by atoms with E-state index in [-0.39, 0.29) is 12.0 Å². The number of rotatable bonds is 2. The highest BCUT2D eigenvalue weighted by molar-refractivity contribution is 5.70. The van der Waals surface area contributed by atoms with Crippen molar-refractivity contribution in [3.63, 3.8) is 0 Å². The predicted molar refractivity (Wildman–Crippen MR) is 69.7 cm³/mol.